The summed E-state index contributed by atoms with van der Waals surface area (Å²) in [5.74, 6) is 0.377. The number of aromatic nitrogens is 1. The van der Waals surface area contributed by atoms with Gasteiger partial charge >= 0.3 is 0 Å². The van der Waals surface area contributed by atoms with Crippen molar-refractivity contribution in [1.29, 1.82) is 5.26 Å². The van der Waals surface area contributed by atoms with Gasteiger partial charge in [0.1, 0.15) is 11.6 Å². The minimum absolute atomic E-state index is 0.153. The van der Waals surface area contributed by atoms with Gasteiger partial charge in [-0.2, -0.15) is 5.26 Å². The van der Waals surface area contributed by atoms with Crippen molar-refractivity contribution in [2.24, 2.45) is 5.92 Å². The lowest BCUT2D eigenvalue weighted by Gasteiger charge is -2.34. The average Bonchev–Trinajstić information content (AvgIpc) is 2.43. The maximum Gasteiger partial charge on any atom is 0.270 e. The van der Waals surface area contributed by atoms with Gasteiger partial charge in [-0.25, -0.2) is 0 Å². The van der Waals surface area contributed by atoms with Crippen LogP contribution in [-0.4, -0.2) is 42.7 Å². The van der Waals surface area contributed by atoms with Crippen molar-refractivity contribution >= 4 is 5.69 Å². The molecule has 0 unspecified atom stereocenters. The van der Waals surface area contributed by atoms with E-state index in [9.17, 15) is 10.1 Å². The topological polar surface area (TPSA) is 52.3 Å². The van der Waals surface area contributed by atoms with Crippen LogP contribution in [0.3, 0.4) is 0 Å². The van der Waals surface area contributed by atoms with E-state index in [1.54, 1.807) is 4.57 Å². The van der Waals surface area contributed by atoms with E-state index >= 15 is 0 Å². The highest BCUT2D eigenvalue weighted by Crippen LogP contribution is 2.20. The number of nitriles is 1. The molecule has 0 spiro atoms. The Morgan fingerprint density at radius 1 is 1.29 bits per heavy atom. The number of likely N-dealkylation sites (N-methyl/N-ethyl adjacent to an activating group) is 1. The second-order valence-electron chi connectivity index (χ2n) is 6.26. The van der Waals surface area contributed by atoms with Gasteiger partial charge in [0.05, 0.1) is 5.69 Å². The zero-order valence-corrected chi connectivity index (χ0v) is 13.4. The Morgan fingerprint density at radius 2 is 1.90 bits per heavy atom. The van der Waals surface area contributed by atoms with Gasteiger partial charge in [-0.1, -0.05) is 13.8 Å². The molecule has 1 saturated heterocycles. The Labute approximate surface area is 126 Å². The normalized spacial score (nSPS) is 16.3. The maximum absolute atomic E-state index is 12.6. The number of hydrogen-bond acceptors (Lipinski definition) is 4. The smallest absolute Gasteiger partial charge is 0.270 e. The number of anilines is 1. The van der Waals surface area contributed by atoms with E-state index in [0.29, 0.717) is 12.5 Å². The first kappa shape index (κ1) is 15.6. The van der Waals surface area contributed by atoms with Crippen LogP contribution in [0.2, 0.25) is 0 Å². The van der Waals surface area contributed by atoms with Gasteiger partial charge < -0.3 is 14.4 Å². The summed E-state index contributed by atoms with van der Waals surface area (Å²) in [6.45, 7) is 10.4. The zero-order valence-electron chi connectivity index (χ0n) is 13.4. The molecule has 0 radical (unpaired) electrons. The van der Waals surface area contributed by atoms with E-state index in [1.807, 2.05) is 13.0 Å². The molecule has 1 fully saturated rings. The number of aryl methyl sites for hydroxylation is 1. The largest absolute Gasteiger partial charge is 0.368 e. The lowest BCUT2D eigenvalue weighted by molar-refractivity contribution is 0.312. The summed E-state index contributed by atoms with van der Waals surface area (Å²) in [7, 11) is 2.09. The minimum atomic E-state index is -0.153. The highest BCUT2D eigenvalue weighted by molar-refractivity contribution is 5.59. The van der Waals surface area contributed by atoms with Crippen molar-refractivity contribution in [2.45, 2.75) is 27.3 Å². The molecule has 1 aliphatic heterocycles. The van der Waals surface area contributed by atoms with Crippen molar-refractivity contribution in [1.82, 2.24) is 9.47 Å². The van der Waals surface area contributed by atoms with E-state index in [-0.39, 0.29) is 11.1 Å². The van der Waals surface area contributed by atoms with E-state index in [4.69, 9.17) is 0 Å². The van der Waals surface area contributed by atoms with Crippen LogP contribution in [0.25, 0.3) is 0 Å². The van der Waals surface area contributed by atoms with Crippen LogP contribution in [0.15, 0.2) is 10.9 Å². The molecule has 1 aromatic heterocycles. The number of nitrogens with zero attached hydrogens (tertiary/aromatic N) is 4. The first-order valence-electron chi connectivity index (χ1n) is 7.52. The lowest BCUT2D eigenvalue weighted by Crippen LogP contribution is -2.45. The summed E-state index contributed by atoms with van der Waals surface area (Å²) in [6, 6.07) is 4.12. The van der Waals surface area contributed by atoms with Crippen molar-refractivity contribution in [2.75, 3.05) is 38.1 Å². The van der Waals surface area contributed by atoms with Gasteiger partial charge in [-0.05, 0) is 26.0 Å². The van der Waals surface area contributed by atoms with Crippen LogP contribution in [0, 0.1) is 24.2 Å². The number of hydrogen-bond donors (Lipinski definition) is 0. The molecule has 0 aromatic carbocycles. The van der Waals surface area contributed by atoms with Gasteiger partial charge in [0.15, 0.2) is 0 Å². The fourth-order valence-electron chi connectivity index (χ4n) is 2.75. The Hall–Kier alpha value is -1.80. The van der Waals surface area contributed by atoms with Crippen molar-refractivity contribution in [3.05, 3.63) is 27.7 Å². The molecule has 114 valence electrons. The molecular weight excluding hydrogens is 264 g/mol. The number of piperazine rings is 1. The summed E-state index contributed by atoms with van der Waals surface area (Å²) in [5.41, 5.74) is 1.86. The summed E-state index contributed by atoms with van der Waals surface area (Å²) in [6.07, 6.45) is 0. The molecule has 5 nitrogen and oxygen atoms in total. The molecule has 0 bridgehead atoms. The molecule has 5 heteroatoms. The lowest BCUT2D eigenvalue weighted by atomic mass is 10.1. The van der Waals surface area contributed by atoms with E-state index < -0.39 is 0 Å². The third kappa shape index (κ3) is 3.27. The molecule has 2 rings (SSSR count). The third-order valence-corrected chi connectivity index (χ3v) is 3.99. The Bertz CT molecular complexity index is 604. The number of pyridine rings is 1. The molecule has 21 heavy (non-hydrogen) atoms. The van der Waals surface area contributed by atoms with E-state index in [1.165, 1.54) is 0 Å². The molecule has 1 aromatic rings. The molecule has 2 heterocycles. The van der Waals surface area contributed by atoms with E-state index in [2.05, 4.69) is 36.8 Å². The first-order valence-corrected chi connectivity index (χ1v) is 7.52. The average molecular weight is 288 g/mol. The predicted octanol–water partition coefficient (Wildman–Crippen LogP) is 1.44. The quantitative estimate of drug-likeness (QED) is 0.844. The molecule has 0 atom stereocenters. The predicted molar refractivity (Wildman–Crippen MR) is 84.7 cm³/mol. The highest BCUT2D eigenvalue weighted by atomic mass is 16.1. The minimum Gasteiger partial charge on any atom is -0.368 e. The fraction of sp³-hybridized carbons (Fsp3) is 0.625. The van der Waals surface area contributed by atoms with Gasteiger partial charge in [-0.15, -0.1) is 0 Å². The van der Waals surface area contributed by atoms with Gasteiger partial charge in [0, 0.05) is 38.4 Å². The Kier molecular flexibility index (Phi) is 4.69. The van der Waals surface area contributed by atoms with Crippen molar-refractivity contribution in [3.63, 3.8) is 0 Å². The fourth-order valence-corrected chi connectivity index (χ4v) is 2.75. The SMILES string of the molecule is Cc1cc(N2CCN(C)CC2)c(C#N)c(=O)n1CC(C)C. The van der Waals surface area contributed by atoms with Crippen LogP contribution in [0.1, 0.15) is 25.1 Å². The maximum atomic E-state index is 12.6. The molecule has 0 N–H and O–H groups in total. The Morgan fingerprint density at radius 3 is 2.43 bits per heavy atom. The van der Waals surface area contributed by atoms with Crippen molar-refractivity contribution in [3.8, 4) is 6.07 Å². The standard InChI is InChI=1S/C16H24N4O/c1-12(2)11-20-13(3)9-15(14(10-17)16(20)21)19-7-5-18(4)6-8-19/h9,12H,5-8,11H2,1-4H3. The second kappa shape index (κ2) is 6.31. The summed E-state index contributed by atoms with van der Waals surface area (Å²) in [5, 5.41) is 9.43. The molecular formula is C16H24N4O. The van der Waals surface area contributed by atoms with Crippen LogP contribution in [-0.2, 0) is 6.54 Å². The monoisotopic (exact) mass is 288 g/mol. The summed E-state index contributed by atoms with van der Waals surface area (Å²) in [4.78, 5) is 17.0. The van der Waals surface area contributed by atoms with E-state index in [0.717, 1.165) is 37.6 Å². The van der Waals surface area contributed by atoms with Crippen LogP contribution in [0.4, 0.5) is 5.69 Å². The molecule has 0 saturated carbocycles. The van der Waals surface area contributed by atoms with Gasteiger partial charge in [0.25, 0.3) is 5.56 Å². The molecule has 1 aliphatic rings. The van der Waals surface area contributed by atoms with Crippen LogP contribution in [0.5, 0.6) is 0 Å². The first-order chi connectivity index (χ1) is 9.93. The highest BCUT2D eigenvalue weighted by Gasteiger charge is 2.21. The molecule has 0 amide bonds. The zero-order chi connectivity index (χ0) is 15.6. The Balaban J connectivity index is 2.44. The van der Waals surface area contributed by atoms with Crippen LogP contribution < -0.4 is 10.5 Å². The molecule has 0 aliphatic carbocycles. The number of rotatable bonds is 3. The summed E-state index contributed by atoms with van der Waals surface area (Å²) < 4.78 is 1.72. The van der Waals surface area contributed by atoms with Crippen LogP contribution >= 0.6 is 0 Å². The second-order valence-corrected chi connectivity index (χ2v) is 6.26. The van der Waals surface area contributed by atoms with Crippen molar-refractivity contribution < 1.29 is 0 Å². The van der Waals surface area contributed by atoms with Gasteiger partial charge in [-0.3, -0.25) is 4.79 Å². The summed E-state index contributed by atoms with van der Waals surface area (Å²) >= 11 is 0. The third-order valence-electron chi connectivity index (χ3n) is 3.99. The van der Waals surface area contributed by atoms with Gasteiger partial charge in [0.2, 0.25) is 0 Å².